The number of hydrogen-bond donors (Lipinski definition) is 3. The highest BCUT2D eigenvalue weighted by atomic mass is 35.5. The second-order valence-electron chi connectivity index (χ2n) is 8.66. The van der Waals surface area contributed by atoms with E-state index >= 15 is 0 Å². The molecule has 1 aromatic heterocycles. The molecule has 1 amide bonds. The van der Waals surface area contributed by atoms with Crippen molar-refractivity contribution in [2.24, 2.45) is 11.8 Å². The van der Waals surface area contributed by atoms with E-state index in [4.69, 9.17) is 0 Å². The van der Waals surface area contributed by atoms with Gasteiger partial charge in [-0.25, -0.2) is 4.39 Å². The highest BCUT2D eigenvalue weighted by molar-refractivity contribution is 5.99. The van der Waals surface area contributed by atoms with Crippen LogP contribution in [-0.2, 0) is 0 Å². The molecule has 170 valence electrons. The fourth-order valence-electron chi connectivity index (χ4n) is 5.66. The number of amides is 1. The molecule has 1 aromatic carbocycles. The van der Waals surface area contributed by atoms with Gasteiger partial charge in [-0.05, 0) is 62.9 Å². The average molecular weight is 470 g/mol. The minimum Gasteiger partial charge on any atom is -0.350 e. The molecule has 3 fully saturated rings. The van der Waals surface area contributed by atoms with Crippen LogP contribution in [0.25, 0.3) is 11.3 Å². The first-order chi connectivity index (χ1) is 14.2. The molecular weight excluding hydrogens is 440 g/mol. The van der Waals surface area contributed by atoms with E-state index < -0.39 is 0 Å². The van der Waals surface area contributed by atoms with Gasteiger partial charge in [-0.3, -0.25) is 14.8 Å². The van der Waals surface area contributed by atoms with Gasteiger partial charge in [0.1, 0.15) is 5.82 Å². The standard InChI is InChI=1S/C22H28FN5O.2ClH/c23-17-5-3-4-14(9-17)21-18(12-26-27-21)22(29)25-13-20-16-8-15(10-24-11-16)19-6-1-2-7-28(19)20;;/h3-5,9,12,15-16,19-20,24H,1-2,6-8,10-11,13H2,(H,25,29)(H,26,27);2*1H/t15-,16+,19+,20+;;/m1../s1. The zero-order valence-electron chi connectivity index (χ0n) is 17.4. The van der Waals surface area contributed by atoms with Crippen LogP contribution in [0.1, 0.15) is 36.0 Å². The Morgan fingerprint density at radius 3 is 2.90 bits per heavy atom. The summed E-state index contributed by atoms with van der Waals surface area (Å²) < 4.78 is 13.6. The first kappa shape index (κ1) is 24.0. The van der Waals surface area contributed by atoms with E-state index in [1.807, 2.05) is 0 Å². The molecule has 6 nitrogen and oxygen atoms in total. The third-order valence-corrected chi connectivity index (χ3v) is 6.99. The Morgan fingerprint density at radius 2 is 2.06 bits per heavy atom. The summed E-state index contributed by atoms with van der Waals surface area (Å²) in [5, 5.41) is 13.6. The highest BCUT2D eigenvalue weighted by Crippen LogP contribution is 2.38. The fourth-order valence-corrected chi connectivity index (χ4v) is 5.66. The Bertz CT molecular complexity index is 894. The average Bonchev–Trinajstić information content (AvgIpc) is 3.24. The van der Waals surface area contributed by atoms with Crippen LogP contribution in [0.2, 0.25) is 0 Å². The number of nitrogens with one attached hydrogen (secondary N) is 3. The van der Waals surface area contributed by atoms with Gasteiger partial charge in [0.25, 0.3) is 5.91 Å². The number of rotatable bonds is 4. The Balaban J connectivity index is 0.00000136. The van der Waals surface area contributed by atoms with Gasteiger partial charge >= 0.3 is 0 Å². The lowest BCUT2D eigenvalue weighted by Crippen LogP contribution is -2.65. The van der Waals surface area contributed by atoms with E-state index in [0.29, 0.717) is 41.4 Å². The summed E-state index contributed by atoms with van der Waals surface area (Å²) in [5.74, 6) is 0.837. The minimum atomic E-state index is -0.332. The molecule has 3 aliphatic rings. The second kappa shape index (κ2) is 10.3. The molecule has 4 heterocycles. The molecule has 0 spiro atoms. The topological polar surface area (TPSA) is 73.1 Å². The summed E-state index contributed by atoms with van der Waals surface area (Å²) in [7, 11) is 0. The molecule has 0 unspecified atom stereocenters. The van der Waals surface area contributed by atoms with Crippen LogP contribution in [-0.4, -0.2) is 59.3 Å². The largest absolute Gasteiger partial charge is 0.350 e. The number of aromatic amines is 1. The van der Waals surface area contributed by atoms with Crippen LogP contribution in [0.15, 0.2) is 30.5 Å². The van der Waals surface area contributed by atoms with Crippen molar-refractivity contribution in [1.29, 1.82) is 0 Å². The number of nitrogens with zero attached hydrogens (tertiary/aromatic N) is 2. The summed E-state index contributed by atoms with van der Waals surface area (Å²) in [6.45, 7) is 3.93. The summed E-state index contributed by atoms with van der Waals surface area (Å²) in [5.41, 5.74) is 1.64. The zero-order valence-corrected chi connectivity index (χ0v) is 19.0. The van der Waals surface area contributed by atoms with E-state index in [9.17, 15) is 9.18 Å². The van der Waals surface area contributed by atoms with Gasteiger partial charge in [0.15, 0.2) is 0 Å². The number of H-pyrrole nitrogens is 1. The van der Waals surface area contributed by atoms with Crippen LogP contribution in [0.5, 0.6) is 0 Å². The lowest BCUT2D eigenvalue weighted by atomic mass is 9.73. The van der Waals surface area contributed by atoms with Gasteiger partial charge in [-0.2, -0.15) is 5.10 Å². The van der Waals surface area contributed by atoms with Gasteiger partial charge in [0.05, 0.1) is 17.5 Å². The van der Waals surface area contributed by atoms with Crippen molar-refractivity contribution < 1.29 is 9.18 Å². The van der Waals surface area contributed by atoms with Gasteiger partial charge in [-0.1, -0.05) is 18.6 Å². The van der Waals surface area contributed by atoms with Gasteiger partial charge in [-0.15, -0.1) is 24.8 Å². The predicted molar refractivity (Wildman–Crippen MR) is 123 cm³/mol. The smallest absolute Gasteiger partial charge is 0.255 e. The molecule has 0 aliphatic carbocycles. The van der Waals surface area contributed by atoms with Crippen LogP contribution in [0.4, 0.5) is 4.39 Å². The van der Waals surface area contributed by atoms with Crippen LogP contribution < -0.4 is 10.6 Å². The van der Waals surface area contributed by atoms with Gasteiger partial charge in [0, 0.05) is 24.2 Å². The molecule has 2 bridgehead atoms. The Kier molecular flexibility index (Phi) is 7.97. The fraction of sp³-hybridized carbons (Fsp3) is 0.545. The van der Waals surface area contributed by atoms with Crippen molar-refractivity contribution in [3.63, 3.8) is 0 Å². The maximum Gasteiger partial charge on any atom is 0.255 e. The zero-order chi connectivity index (χ0) is 19.8. The molecule has 31 heavy (non-hydrogen) atoms. The number of carbonyl (C=O) groups excluding carboxylic acids is 1. The number of piperidine rings is 3. The quantitative estimate of drug-likeness (QED) is 0.642. The Labute approximate surface area is 194 Å². The molecule has 3 aliphatic heterocycles. The van der Waals surface area contributed by atoms with Crippen molar-refractivity contribution in [3.05, 3.63) is 41.8 Å². The Hall–Kier alpha value is -1.67. The third-order valence-electron chi connectivity index (χ3n) is 6.99. The molecule has 4 atom stereocenters. The monoisotopic (exact) mass is 469 g/mol. The third kappa shape index (κ3) is 4.75. The van der Waals surface area contributed by atoms with Crippen molar-refractivity contribution in [2.45, 2.75) is 37.8 Å². The first-order valence-corrected chi connectivity index (χ1v) is 10.7. The molecule has 5 rings (SSSR count). The second-order valence-corrected chi connectivity index (χ2v) is 8.66. The number of hydrogen-bond acceptors (Lipinski definition) is 4. The summed E-state index contributed by atoms with van der Waals surface area (Å²) >= 11 is 0. The number of halogens is 3. The van der Waals surface area contributed by atoms with Crippen molar-refractivity contribution >= 4 is 30.7 Å². The molecule has 2 aromatic rings. The van der Waals surface area contributed by atoms with Crippen molar-refractivity contribution in [1.82, 2.24) is 25.7 Å². The molecule has 0 radical (unpaired) electrons. The molecule has 0 saturated carbocycles. The van der Waals surface area contributed by atoms with Gasteiger partial charge in [0.2, 0.25) is 0 Å². The summed E-state index contributed by atoms with van der Waals surface area (Å²) in [6.07, 6.45) is 6.62. The summed E-state index contributed by atoms with van der Waals surface area (Å²) in [6, 6.07) is 7.24. The van der Waals surface area contributed by atoms with E-state index in [1.165, 1.54) is 44.0 Å². The molecule has 3 N–H and O–H groups in total. The van der Waals surface area contributed by atoms with Gasteiger partial charge < -0.3 is 10.6 Å². The predicted octanol–water partition coefficient (Wildman–Crippen LogP) is 3.25. The normalized spacial score (nSPS) is 27.4. The minimum absolute atomic E-state index is 0. The molecule has 9 heteroatoms. The van der Waals surface area contributed by atoms with Crippen molar-refractivity contribution in [3.8, 4) is 11.3 Å². The van der Waals surface area contributed by atoms with E-state index in [2.05, 4.69) is 25.7 Å². The number of aromatic nitrogens is 2. The maximum absolute atomic E-state index is 13.6. The van der Waals surface area contributed by atoms with Crippen molar-refractivity contribution in [2.75, 3.05) is 26.2 Å². The van der Waals surface area contributed by atoms with E-state index in [0.717, 1.165) is 25.6 Å². The van der Waals surface area contributed by atoms with Crippen LogP contribution in [0, 0.1) is 17.7 Å². The SMILES string of the molecule is Cl.Cl.O=C(NC[C@H]1[C@@H]2CNC[C@@H](C2)[C@@H]2CCCCN21)c1cn[nH]c1-c1cccc(F)c1. The number of benzene rings is 1. The lowest BCUT2D eigenvalue weighted by molar-refractivity contribution is -0.0371. The first-order valence-electron chi connectivity index (χ1n) is 10.7. The lowest BCUT2D eigenvalue weighted by Gasteiger charge is -2.55. The summed E-state index contributed by atoms with van der Waals surface area (Å²) in [4.78, 5) is 15.6. The van der Waals surface area contributed by atoms with Crippen LogP contribution >= 0.6 is 24.8 Å². The number of fused-ring (bicyclic) bond motifs is 4. The van der Waals surface area contributed by atoms with E-state index in [-0.39, 0.29) is 36.5 Å². The Morgan fingerprint density at radius 1 is 1.23 bits per heavy atom. The highest BCUT2D eigenvalue weighted by Gasteiger charge is 2.45. The molecule has 3 saturated heterocycles. The van der Waals surface area contributed by atoms with E-state index in [1.54, 1.807) is 12.1 Å². The number of carbonyl (C=O) groups is 1. The maximum atomic E-state index is 13.6. The molecular formula is C22H30Cl2FN5O. The van der Waals surface area contributed by atoms with Crippen LogP contribution in [0.3, 0.4) is 0 Å².